The molecule has 6 fully saturated rings. The van der Waals surface area contributed by atoms with E-state index in [1.807, 2.05) is 55.5 Å². The van der Waals surface area contributed by atoms with Crippen LogP contribution in [-0.4, -0.2) is 13.2 Å². The van der Waals surface area contributed by atoms with Crippen molar-refractivity contribution < 1.29 is 71.6 Å². The molecule has 9 aromatic rings. The summed E-state index contributed by atoms with van der Waals surface area (Å²) < 4.78 is 185. The van der Waals surface area contributed by atoms with Crippen molar-refractivity contribution in [3.05, 3.63) is 282 Å². The second kappa shape index (κ2) is 49.2. The van der Waals surface area contributed by atoms with Gasteiger partial charge in [-0.25, -0.2) is 35.1 Å². The number of hydrogen-bond acceptors (Lipinski definition) is 4. The summed E-state index contributed by atoms with van der Waals surface area (Å²) in [5, 5.41) is 0. The van der Waals surface area contributed by atoms with Gasteiger partial charge in [-0.15, -0.1) is 0 Å². The lowest BCUT2D eigenvalue weighted by Gasteiger charge is -2.37. The summed E-state index contributed by atoms with van der Waals surface area (Å²) in [5.41, 5.74) is 9.48. The number of rotatable bonds is 21. The Hall–Kier alpha value is -8.66. The first-order valence-corrected chi connectivity index (χ1v) is 46.7. The van der Waals surface area contributed by atoms with Crippen LogP contribution in [0.2, 0.25) is 0 Å². The molecule has 0 aliphatic heterocycles. The van der Waals surface area contributed by atoms with Crippen LogP contribution in [0.15, 0.2) is 146 Å². The normalized spacial score (nSPS) is 22.3. The highest BCUT2D eigenvalue weighted by Crippen LogP contribution is 2.45. The van der Waals surface area contributed by atoms with Gasteiger partial charge in [0, 0.05) is 0 Å². The molecule has 6 aliphatic carbocycles. The summed E-state index contributed by atoms with van der Waals surface area (Å²) in [6.07, 6.45) is 34.5. The Morgan fingerprint density at radius 3 is 0.754 bits per heavy atom. The van der Waals surface area contributed by atoms with Crippen LogP contribution in [0.5, 0.6) is 23.0 Å². The monoisotopic (exact) mass is 1750 g/mol. The molecule has 126 heavy (non-hydrogen) atoms. The fourth-order valence-corrected chi connectivity index (χ4v) is 18.8. The van der Waals surface area contributed by atoms with E-state index in [2.05, 4.69) is 58.9 Å². The average Bonchev–Trinajstić information content (AvgIpc) is 0.692. The van der Waals surface area contributed by atoms with Gasteiger partial charge in [-0.05, 0) is 320 Å². The Morgan fingerprint density at radius 2 is 0.444 bits per heavy atom. The fourth-order valence-electron chi connectivity index (χ4n) is 18.8. The van der Waals surface area contributed by atoms with Crippen molar-refractivity contribution in [1.82, 2.24) is 0 Å². The lowest BCUT2D eigenvalue weighted by Crippen LogP contribution is -2.27. The van der Waals surface area contributed by atoms with Crippen LogP contribution in [0.25, 0.3) is 11.1 Å². The Balaban J connectivity index is 0.000000159. The van der Waals surface area contributed by atoms with Crippen molar-refractivity contribution in [2.24, 2.45) is 71.0 Å². The van der Waals surface area contributed by atoms with E-state index in [-0.39, 0.29) is 47.3 Å². The molecule has 0 unspecified atom stereocenters. The minimum Gasteiger partial charge on any atom is -0.490 e. The van der Waals surface area contributed by atoms with Crippen LogP contribution in [-0.2, 0) is 26.1 Å². The first-order valence-electron chi connectivity index (χ1n) is 46.7. The van der Waals surface area contributed by atoms with E-state index in [1.54, 1.807) is 70.2 Å². The van der Waals surface area contributed by atoms with Gasteiger partial charge >= 0.3 is 0 Å². The Labute approximate surface area is 744 Å². The van der Waals surface area contributed by atoms with Gasteiger partial charge in [-0.3, -0.25) is 0 Å². The molecule has 0 radical (unpaired) electrons. The summed E-state index contributed by atoms with van der Waals surface area (Å²) in [7, 11) is 0. The highest BCUT2D eigenvalue weighted by molar-refractivity contribution is 5.64. The Kier molecular flexibility index (Phi) is 38.9. The van der Waals surface area contributed by atoms with Crippen molar-refractivity contribution in [1.29, 1.82) is 0 Å². The largest absolute Gasteiger partial charge is 0.490 e. The minimum atomic E-state index is -0.939. The van der Waals surface area contributed by atoms with Crippen molar-refractivity contribution in [3.63, 3.8) is 0 Å². The maximum absolute atomic E-state index is 14.0. The second-order valence-corrected chi connectivity index (χ2v) is 38.1. The third-order valence-electron chi connectivity index (χ3n) is 28.0. The number of hydrogen-bond donors (Lipinski definition) is 0. The molecule has 0 aromatic heterocycles. The van der Waals surface area contributed by atoms with Gasteiger partial charge in [0.15, 0.2) is 69.5 Å². The highest BCUT2D eigenvalue weighted by atomic mass is 19.2. The molecule has 0 amide bonds. The summed E-state index contributed by atoms with van der Waals surface area (Å²) >= 11 is 0. The third kappa shape index (κ3) is 29.7. The van der Waals surface area contributed by atoms with E-state index < -0.39 is 69.8 Å². The zero-order valence-corrected chi connectivity index (χ0v) is 76.6. The first-order chi connectivity index (χ1) is 60.4. The van der Waals surface area contributed by atoms with E-state index in [4.69, 9.17) is 18.9 Å². The molecule has 684 valence electrons. The maximum Gasteiger partial charge on any atom is 0.200 e. The standard InChI is InChI=1S/C22H32F2.C21H30F2O.C21H18F2O.C16H22F2.C15H20F2O.C15H14F2O/c1-15-3-9-18(10-4-15)19-12-6-17(7-13-19)8-14-20-11-5-16(2)21(23)22(20)24;2*1-14-3-8-17(9-4-14)18-10-6-16(7-11-18)13-24-19-12-5-15(2)20(22)21(19)23;1-11-3-6-13(7-4-11)8-10-14-9-5-12(2)15(17)16(14)18;2*1-10-3-6-12(7-4-10)9-18-13-8-5-11(2)14(16)15(13)17/h5,11,15,17-19H,3-4,6-10,12-14H2,1-2H3;5,12,14,16-18H,3-4,6-11,13H2,1-2H3;3-12H,13H2,1-2H3;5,9,11,13H,3-4,6-8,10H2,1-2H3;5,8,10,12H,3-4,6-7,9H2,1-2H3;3-8H,9H2,1-2H3. The van der Waals surface area contributed by atoms with Crippen molar-refractivity contribution in [3.8, 4) is 34.1 Å². The predicted octanol–water partition coefficient (Wildman–Crippen LogP) is 32.6. The lowest BCUT2D eigenvalue weighted by atomic mass is 9.69. The van der Waals surface area contributed by atoms with Gasteiger partial charge in [-0.1, -0.05) is 237 Å². The van der Waals surface area contributed by atoms with Crippen LogP contribution in [0.1, 0.15) is 261 Å². The highest BCUT2D eigenvalue weighted by Gasteiger charge is 2.33. The molecule has 6 saturated carbocycles. The van der Waals surface area contributed by atoms with Gasteiger partial charge < -0.3 is 18.9 Å². The van der Waals surface area contributed by atoms with E-state index in [9.17, 15) is 52.7 Å². The quantitative estimate of drug-likeness (QED) is 0.0672. The van der Waals surface area contributed by atoms with Gasteiger partial charge in [0.2, 0.25) is 23.3 Å². The molecule has 0 spiro atoms. The second-order valence-electron chi connectivity index (χ2n) is 38.1. The molecule has 6 aliphatic rings. The molecule has 0 heterocycles. The van der Waals surface area contributed by atoms with Gasteiger partial charge in [-0.2, -0.15) is 17.6 Å². The van der Waals surface area contributed by atoms with Crippen molar-refractivity contribution in [2.75, 3.05) is 13.2 Å². The molecular weight excluding hydrogens is 1610 g/mol. The van der Waals surface area contributed by atoms with Gasteiger partial charge in [0.25, 0.3) is 0 Å². The van der Waals surface area contributed by atoms with Gasteiger partial charge in [0.05, 0.1) is 13.2 Å². The number of ether oxygens (including phenoxy) is 4. The van der Waals surface area contributed by atoms with Crippen LogP contribution >= 0.6 is 0 Å². The topological polar surface area (TPSA) is 36.9 Å². The molecule has 0 N–H and O–H groups in total. The number of halogens is 12. The molecule has 16 heteroatoms. The summed E-state index contributed by atoms with van der Waals surface area (Å²) in [5.74, 6) is 0.0166. The lowest BCUT2D eigenvalue weighted by molar-refractivity contribution is 0.124. The van der Waals surface area contributed by atoms with Crippen molar-refractivity contribution >= 4 is 0 Å². The molecular formula is C110H136F12O4. The zero-order chi connectivity index (χ0) is 90.7. The van der Waals surface area contributed by atoms with Gasteiger partial charge in [0.1, 0.15) is 13.2 Å². The third-order valence-corrected chi connectivity index (χ3v) is 28.0. The molecule has 9 aromatic carbocycles. The van der Waals surface area contributed by atoms with E-state index in [1.165, 1.54) is 178 Å². The van der Waals surface area contributed by atoms with Crippen LogP contribution in [0.4, 0.5) is 52.7 Å². The fraction of sp³-hybridized carbons (Fsp3) is 0.509. The first kappa shape index (κ1) is 99.5. The predicted molar refractivity (Wildman–Crippen MR) is 486 cm³/mol. The summed E-state index contributed by atoms with van der Waals surface area (Å²) in [6.45, 7) is 24.1. The SMILES string of the molecule is Cc1ccc(-c2ccc(COc3ccc(C)c(F)c3F)cc2)cc1.Cc1ccc(CCC2CCC(C)CC2)c(F)c1F.Cc1ccc(CCC2CCC(C3CCC(C)CC3)CC2)c(F)c1F.Cc1ccc(COc2ccc(C)c(F)c2F)cc1.Cc1ccc(OCC2CCC(C)CC2)c(F)c1F.Cc1ccc(OCC2CCC(C3CCC(C)CC3)CC2)c(F)c1F. The molecule has 4 nitrogen and oxygen atoms in total. The van der Waals surface area contributed by atoms with Crippen LogP contribution < -0.4 is 18.9 Å². The van der Waals surface area contributed by atoms with E-state index >= 15 is 0 Å². The van der Waals surface area contributed by atoms with E-state index in [0.717, 1.165) is 114 Å². The Bertz CT molecular complexity index is 4650. The summed E-state index contributed by atoms with van der Waals surface area (Å²) in [4.78, 5) is 0. The minimum absolute atomic E-state index is 0.0386. The number of benzene rings is 9. The van der Waals surface area contributed by atoms with Crippen LogP contribution in [0.3, 0.4) is 0 Å². The smallest absolute Gasteiger partial charge is 0.200 e. The van der Waals surface area contributed by atoms with Crippen LogP contribution in [0, 0.1) is 196 Å². The van der Waals surface area contributed by atoms with E-state index in [0.29, 0.717) is 83.1 Å². The molecule has 0 saturated heterocycles. The van der Waals surface area contributed by atoms with Crippen molar-refractivity contribution in [2.45, 2.75) is 276 Å². The number of aryl methyl sites for hydroxylation is 10. The molecule has 0 bridgehead atoms. The maximum atomic E-state index is 14.0. The molecule has 0 atom stereocenters. The molecule has 15 rings (SSSR count). The zero-order valence-electron chi connectivity index (χ0n) is 76.6. The average molecular weight is 1750 g/mol. The summed E-state index contributed by atoms with van der Waals surface area (Å²) in [6, 6.07) is 42.8. The Morgan fingerprint density at radius 1 is 0.222 bits per heavy atom.